The number of primary amides is 1. The lowest BCUT2D eigenvalue weighted by molar-refractivity contribution is -0.118. The van der Waals surface area contributed by atoms with Crippen LogP contribution in [0, 0.1) is 0 Å². The Labute approximate surface area is 133 Å². The van der Waals surface area contributed by atoms with Crippen LogP contribution in [0.1, 0.15) is 22.3 Å². The number of rotatable bonds is 7. The smallest absolute Gasteiger partial charge is 0.254 e. The number of nitrogens with zero attached hydrogens (tertiary/aromatic N) is 1. The number of fused-ring (bicyclic) bond motifs is 1. The Kier molecular flexibility index (Phi) is 5.70. The van der Waals surface area contributed by atoms with Gasteiger partial charge in [0.1, 0.15) is 12.4 Å². The summed E-state index contributed by atoms with van der Waals surface area (Å²) in [5, 5.41) is 0. The molecule has 0 atom stereocenters. The fourth-order valence-corrected chi connectivity index (χ4v) is 2.37. The van der Waals surface area contributed by atoms with Crippen LogP contribution in [0.4, 0.5) is 4.39 Å². The first-order chi connectivity index (χ1) is 11.0. The van der Waals surface area contributed by atoms with Gasteiger partial charge in [0.2, 0.25) is 5.91 Å². The highest BCUT2D eigenvalue weighted by atomic mass is 19.1. The van der Waals surface area contributed by atoms with Crippen LogP contribution in [0.25, 0.3) is 0 Å². The van der Waals surface area contributed by atoms with E-state index in [2.05, 4.69) is 0 Å². The Hall–Kier alpha value is -2.41. The Morgan fingerprint density at radius 3 is 2.87 bits per heavy atom. The summed E-state index contributed by atoms with van der Waals surface area (Å²) in [5.41, 5.74) is 12.3. The molecule has 6 nitrogen and oxygen atoms in total. The number of hydrogen-bond donors (Lipinski definition) is 2. The fourth-order valence-electron chi connectivity index (χ4n) is 2.37. The van der Waals surface area contributed by atoms with Crippen molar-refractivity contribution < 1.29 is 18.7 Å². The predicted octanol–water partition coefficient (Wildman–Crippen LogP) is 0.751. The van der Waals surface area contributed by atoms with E-state index < -0.39 is 5.91 Å². The largest absolute Gasteiger partial charge is 0.489 e. The highest BCUT2D eigenvalue weighted by Gasteiger charge is 2.24. The SMILES string of the molecule is NC/C(=C/F)COc1ccc2c(c1)CCN(CCC(N)=O)C2=O. The van der Waals surface area contributed by atoms with E-state index in [0.717, 1.165) is 5.56 Å². The molecule has 2 amide bonds. The van der Waals surface area contributed by atoms with Gasteiger partial charge in [-0.2, -0.15) is 0 Å². The van der Waals surface area contributed by atoms with Crippen LogP contribution in [0.15, 0.2) is 30.1 Å². The summed E-state index contributed by atoms with van der Waals surface area (Å²) in [6, 6.07) is 5.14. The van der Waals surface area contributed by atoms with Gasteiger partial charge in [0.15, 0.2) is 0 Å². The normalized spacial score (nSPS) is 14.6. The molecule has 1 heterocycles. The van der Waals surface area contributed by atoms with E-state index in [-0.39, 0.29) is 25.5 Å². The third-order valence-electron chi connectivity index (χ3n) is 3.71. The number of hydrogen-bond acceptors (Lipinski definition) is 4. The summed E-state index contributed by atoms with van der Waals surface area (Å²) in [6.07, 6.45) is 1.26. The van der Waals surface area contributed by atoms with Crippen molar-refractivity contribution in [2.45, 2.75) is 12.8 Å². The third kappa shape index (κ3) is 4.29. The number of nitrogens with two attached hydrogens (primary N) is 2. The van der Waals surface area contributed by atoms with Crippen molar-refractivity contribution >= 4 is 11.8 Å². The Morgan fingerprint density at radius 2 is 2.22 bits per heavy atom. The average Bonchev–Trinajstić information content (AvgIpc) is 2.55. The van der Waals surface area contributed by atoms with E-state index in [0.29, 0.717) is 42.7 Å². The van der Waals surface area contributed by atoms with Gasteiger partial charge in [-0.15, -0.1) is 0 Å². The zero-order chi connectivity index (χ0) is 16.8. The number of amides is 2. The van der Waals surface area contributed by atoms with Crippen molar-refractivity contribution in [3.63, 3.8) is 0 Å². The Morgan fingerprint density at radius 1 is 1.43 bits per heavy atom. The van der Waals surface area contributed by atoms with E-state index >= 15 is 0 Å². The minimum Gasteiger partial charge on any atom is -0.489 e. The molecule has 0 spiro atoms. The molecular formula is C16H20FN3O3. The van der Waals surface area contributed by atoms with Crippen molar-refractivity contribution in [1.82, 2.24) is 4.90 Å². The summed E-state index contributed by atoms with van der Waals surface area (Å²) in [6.45, 7) is 1.02. The highest BCUT2D eigenvalue weighted by molar-refractivity contribution is 5.97. The van der Waals surface area contributed by atoms with Crippen LogP contribution in [0.3, 0.4) is 0 Å². The lowest BCUT2D eigenvalue weighted by Crippen LogP contribution is -2.39. The van der Waals surface area contributed by atoms with Crippen molar-refractivity contribution in [3.8, 4) is 5.75 Å². The zero-order valence-electron chi connectivity index (χ0n) is 12.8. The second kappa shape index (κ2) is 7.73. The van der Waals surface area contributed by atoms with Gasteiger partial charge in [0, 0.05) is 37.2 Å². The molecule has 1 aliphatic heterocycles. The molecule has 1 aromatic rings. The molecule has 0 unspecified atom stereocenters. The maximum atomic E-state index is 12.5. The van der Waals surface area contributed by atoms with Gasteiger partial charge in [-0.05, 0) is 30.2 Å². The average molecular weight is 321 g/mol. The Balaban J connectivity index is 2.05. The number of carbonyl (C=O) groups excluding carboxylic acids is 2. The molecule has 0 fully saturated rings. The molecule has 0 bridgehead atoms. The predicted molar refractivity (Wildman–Crippen MR) is 83.6 cm³/mol. The lowest BCUT2D eigenvalue weighted by Gasteiger charge is -2.28. The van der Waals surface area contributed by atoms with Gasteiger partial charge in [-0.1, -0.05) is 0 Å². The number of halogens is 1. The van der Waals surface area contributed by atoms with E-state index in [4.69, 9.17) is 16.2 Å². The molecule has 0 aromatic heterocycles. The topological polar surface area (TPSA) is 98.7 Å². The van der Waals surface area contributed by atoms with Crippen molar-refractivity contribution in [2.75, 3.05) is 26.2 Å². The highest BCUT2D eigenvalue weighted by Crippen LogP contribution is 2.24. The zero-order valence-corrected chi connectivity index (χ0v) is 12.8. The molecular weight excluding hydrogens is 301 g/mol. The van der Waals surface area contributed by atoms with E-state index in [1.54, 1.807) is 23.1 Å². The second-order valence-electron chi connectivity index (χ2n) is 5.34. The van der Waals surface area contributed by atoms with E-state index in [1.165, 1.54) is 0 Å². The molecule has 0 saturated heterocycles. The van der Waals surface area contributed by atoms with Crippen molar-refractivity contribution in [3.05, 3.63) is 41.2 Å². The first-order valence-corrected chi connectivity index (χ1v) is 7.36. The first-order valence-electron chi connectivity index (χ1n) is 7.36. The molecule has 2 rings (SSSR count). The molecule has 1 aromatic carbocycles. The van der Waals surface area contributed by atoms with Crippen molar-refractivity contribution in [1.29, 1.82) is 0 Å². The number of carbonyl (C=O) groups is 2. The number of ether oxygens (including phenoxy) is 1. The summed E-state index contributed by atoms with van der Waals surface area (Å²) < 4.78 is 17.9. The van der Waals surface area contributed by atoms with Gasteiger partial charge in [-0.3, -0.25) is 9.59 Å². The van der Waals surface area contributed by atoms with Crippen molar-refractivity contribution in [2.24, 2.45) is 11.5 Å². The summed E-state index contributed by atoms with van der Waals surface area (Å²) in [7, 11) is 0. The van der Waals surface area contributed by atoms with E-state index in [9.17, 15) is 14.0 Å². The molecule has 0 aliphatic carbocycles. The minimum atomic E-state index is -0.427. The minimum absolute atomic E-state index is 0.0739. The third-order valence-corrected chi connectivity index (χ3v) is 3.71. The van der Waals surface area contributed by atoms with Gasteiger partial charge < -0.3 is 21.1 Å². The van der Waals surface area contributed by atoms with E-state index in [1.807, 2.05) is 0 Å². The molecule has 1 aliphatic rings. The molecule has 124 valence electrons. The lowest BCUT2D eigenvalue weighted by atomic mass is 9.98. The fraction of sp³-hybridized carbons (Fsp3) is 0.375. The van der Waals surface area contributed by atoms with Gasteiger partial charge in [-0.25, -0.2) is 4.39 Å². The Bertz CT molecular complexity index is 631. The molecule has 0 radical (unpaired) electrons. The maximum absolute atomic E-state index is 12.5. The standard InChI is InChI=1S/C16H20FN3O3/c17-8-11(9-18)10-23-13-1-2-14-12(7-13)3-5-20(16(14)22)6-4-15(19)21/h1-2,7-8H,3-6,9-10,18H2,(H2,19,21)/b11-8-. The monoisotopic (exact) mass is 321 g/mol. The summed E-state index contributed by atoms with van der Waals surface area (Å²) >= 11 is 0. The first kappa shape index (κ1) is 17.0. The summed E-state index contributed by atoms with van der Waals surface area (Å²) in [4.78, 5) is 24.8. The molecule has 0 saturated carbocycles. The van der Waals surface area contributed by atoms with Gasteiger partial charge in [0.25, 0.3) is 5.91 Å². The van der Waals surface area contributed by atoms with Gasteiger partial charge in [0.05, 0.1) is 6.33 Å². The number of benzene rings is 1. The molecule has 4 N–H and O–H groups in total. The molecule has 23 heavy (non-hydrogen) atoms. The summed E-state index contributed by atoms with van der Waals surface area (Å²) in [5.74, 6) is 0.0178. The quantitative estimate of drug-likeness (QED) is 0.774. The van der Waals surface area contributed by atoms with Gasteiger partial charge >= 0.3 is 0 Å². The molecule has 7 heteroatoms. The maximum Gasteiger partial charge on any atom is 0.254 e. The second-order valence-corrected chi connectivity index (χ2v) is 5.34. The van der Waals surface area contributed by atoms with Crippen LogP contribution in [-0.2, 0) is 11.2 Å². The van der Waals surface area contributed by atoms with Crippen LogP contribution >= 0.6 is 0 Å². The van der Waals surface area contributed by atoms with Crippen LogP contribution in [-0.4, -0.2) is 43.0 Å². The van der Waals surface area contributed by atoms with Crippen LogP contribution in [0.2, 0.25) is 0 Å². The van der Waals surface area contributed by atoms with Crippen LogP contribution < -0.4 is 16.2 Å². The van der Waals surface area contributed by atoms with Crippen LogP contribution in [0.5, 0.6) is 5.75 Å².